The minimum absolute atomic E-state index is 0.000827. The number of sulfonamides is 1. The van der Waals surface area contributed by atoms with E-state index in [2.05, 4.69) is 14.9 Å². The molecule has 8 nitrogen and oxygen atoms in total. The molecule has 0 saturated carbocycles. The normalized spacial score (nSPS) is 11.9. The predicted octanol–water partition coefficient (Wildman–Crippen LogP) is 0.00562. The molecule has 0 unspecified atom stereocenters. The van der Waals surface area contributed by atoms with Gasteiger partial charge in [-0.15, -0.1) is 0 Å². The first-order valence-corrected chi connectivity index (χ1v) is 7.63. The van der Waals surface area contributed by atoms with Crippen LogP contribution in [0.25, 0.3) is 0 Å². The number of aryl methyl sites for hydroxylation is 3. The van der Waals surface area contributed by atoms with Crippen LogP contribution in [0.1, 0.15) is 18.2 Å². The van der Waals surface area contributed by atoms with E-state index in [1.54, 1.807) is 17.9 Å². The molecular weight excluding hydrogens is 280 g/mol. The van der Waals surface area contributed by atoms with E-state index in [1.807, 2.05) is 13.8 Å². The summed E-state index contributed by atoms with van der Waals surface area (Å²) in [5, 5.41) is 8.09. The Morgan fingerprint density at radius 3 is 2.55 bits per heavy atom. The highest BCUT2D eigenvalue weighted by molar-refractivity contribution is 7.89. The zero-order valence-electron chi connectivity index (χ0n) is 11.7. The second-order valence-electron chi connectivity index (χ2n) is 4.47. The first-order valence-electron chi connectivity index (χ1n) is 6.15. The molecule has 0 radical (unpaired) electrons. The highest BCUT2D eigenvalue weighted by Gasteiger charge is 2.21. The number of aromatic nitrogens is 4. The van der Waals surface area contributed by atoms with Crippen molar-refractivity contribution in [2.45, 2.75) is 31.8 Å². The van der Waals surface area contributed by atoms with Crippen molar-refractivity contribution in [1.82, 2.24) is 24.3 Å². The standard InChI is InChI=1S/C11H18N6O2S/c1-4-17-7-10(11(12)15-17)20(18,19)13-5-9-6-16(3)14-8(9)2/h6-7,13H,4-5H2,1-3H3,(H2,12,15). The van der Waals surface area contributed by atoms with Crippen molar-refractivity contribution in [2.75, 3.05) is 5.73 Å². The Morgan fingerprint density at radius 1 is 1.35 bits per heavy atom. The molecule has 2 rings (SSSR count). The molecule has 0 aliphatic rings. The first kappa shape index (κ1) is 14.5. The van der Waals surface area contributed by atoms with Crippen molar-refractivity contribution < 1.29 is 8.42 Å². The van der Waals surface area contributed by atoms with Crippen molar-refractivity contribution >= 4 is 15.8 Å². The van der Waals surface area contributed by atoms with E-state index in [1.165, 1.54) is 10.9 Å². The number of hydrogen-bond acceptors (Lipinski definition) is 5. The Morgan fingerprint density at radius 2 is 2.05 bits per heavy atom. The monoisotopic (exact) mass is 298 g/mol. The van der Waals surface area contributed by atoms with E-state index in [0.29, 0.717) is 6.54 Å². The SMILES string of the molecule is CCn1cc(S(=O)(=O)NCc2cn(C)nc2C)c(N)n1. The lowest BCUT2D eigenvalue weighted by Gasteiger charge is -2.04. The van der Waals surface area contributed by atoms with E-state index in [0.717, 1.165) is 11.3 Å². The first-order chi connectivity index (χ1) is 9.33. The van der Waals surface area contributed by atoms with Gasteiger partial charge in [-0.3, -0.25) is 9.36 Å². The van der Waals surface area contributed by atoms with Gasteiger partial charge >= 0.3 is 0 Å². The molecule has 0 fully saturated rings. The summed E-state index contributed by atoms with van der Waals surface area (Å²) in [6.07, 6.45) is 3.20. The summed E-state index contributed by atoms with van der Waals surface area (Å²) in [4.78, 5) is 0.000827. The second-order valence-corrected chi connectivity index (χ2v) is 6.21. The number of anilines is 1. The third-order valence-electron chi connectivity index (χ3n) is 2.94. The second kappa shape index (κ2) is 5.25. The quantitative estimate of drug-likeness (QED) is 0.808. The lowest BCUT2D eigenvalue weighted by molar-refractivity contribution is 0.581. The molecule has 0 aliphatic carbocycles. The Bertz CT molecular complexity index is 715. The predicted molar refractivity (Wildman–Crippen MR) is 74.3 cm³/mol. The van der Waals surface area contributed by atoms with Gasteiger partial charge in [0.15, 0.2) is 5.82 Å². The maximum absolute atomic E-state index is 12.2. The summed E-state index contributed by atoms with van der Waals surface area (Å²) in [5.41, 5.74) is 7.24. The molecule has 2 aromatic rings. The number of rotatable bonds is 5. The van der Waals surface area contributed by atoms with Gasteiger partial charge in [-0.2, -0.15) is 10.2 Å². The molecule has 0 saturated heterocycles. The molecule has 0 aromatic carbocycles. The van der Waals surface area contributed by atoms with Gasteiger partial charge in [-0.05, 0) is 13.8 Å². The average Bonchev–Trinajstić information content (AvgIpc) is 2.90. The highest BCUT2D eigenvalue weighted by Crippen LogP contribution is 2.16. The Kier molecular flexibility index (Phi) is 3.82. The van der Waals surface area contributed by atoms with Crippen LogP contribution in [0, 0.1) is 6.92 Å². The van der Waals surface area contributed by atoms with Crippen molar-refractivity contribution in [3.8, 4) is 0 Å². The molecule has 3 N–H and O–H groups in total. The summed E-state index contributed by atoms with van der Waals surface area (Å²) in [6.45, 7) is 4.41. The summed E-state index contributed by atoms with van der Waals surface area (Å²) >= 11 is 0. The Balaban J connectivity index is 2.19. The number of hydrogen-bond donors (Lipinski definition) is 2. The Hall–Kier alpha value is -1.87. The lowest BCUT2D eigenvalue weighted by Crippen LogP contribution is -2.23. The smallest absolute Gasteiger partial charge is 0.246 e. The van der Waals surface area contributed by atoms with Gasteiger partial charge in [0.05, 0.1) is 5.69 Å². The van der Waals surface area contributed by atoms with Gasteiger partial charge < -0.3 is 5.73 Å². The van der Waals surface area contributed by atoms with Crippen LogP contribution in [-0.2, 0) is 30.2 Å². The number of nitrogens with zero attached hydrogens (tertiary/aromatic N) is 4. The van der Waals surface area contributed by atoms with Gasteiger partial charge in [-0.1, -0.05) is 0 Å². The number of nitrogens with one attached hydrogen (secondary N) is 1. The molecule has 2 heterocycles. The van der Waals surface area contributed by atoms with Crippen LogP contribution in [-0.4, -0.2) is 28.0 Å². The molecule has 2 aromatic heterocycles. The van der Waals surface area contributed by atoms with E-state index in [4.69, 9.17) is 5.73 Å². The van der Waals surface area contributed by atoms with E-state index >= 15 is 0 Å². The van der Waals surface area contributed by atoms with E-state index in [-0.39, 0.29) is 17.3 Å². The lowest BCUT2D eigenvalue weighted by atomic mass is 10.3. The van der Waals surface area contributed by atoms with Crippen molar-refractivity contribution in [1.29, 1.82) is 0 Å². The van der Waals surface area contributed by atoms with Crippen molar-refractivity contribution in [3.63, 3.8) is 0 Å². The molecule has 110 valence electrons. The summed E-state index contributed by atoms with van der Waals surface area (Å²) in [7, 11) is -1.90. The van der Waals surface area contributed by atoms with Gasteiger partial charge in [-0.25, -0.2) is 13.1 Å². The number of nitrogens with two attached hydrogens (primary N) is 1. The van der Waals surface area contributed by atoms with Crippen molar-refractivity contribution in [2.24, 2.45) is 7.05 Å². The van der Waals surface area contributed by atoms with Crippen LogP contribution in [0.15, 0.2) is 17.3 Å². The van der Waals surface area contributed by atoms with Crippen LogP contribution in [0.4, 0.5) is 5.82 Å². The molecule has 20 heavy (non-hydrogen) atoms. The fourth-order valence-corrected chi connectivity index (χ4v) is 2.94. The largest absolute Gasteiger partial charge is 0.381 e. The average molecular weight is 298 g/mol. The fraction of sp³-hybridized carbons (Fsp3) is 0.455. The van der Waals surface area contributed by atoms with Gasteiger partial charge in [0.1, 0.15) is 4.90 Å². The molecular formula is C11H18N6O2S. The zero-order chi connectivity index (χ0) is 14.9. The van der Waals surface area contributed by atoms with Crippen LogP contribution in [0.5, 0.6) is 0 Å². The summed E-state index contributed by atoms with van der Waals surface area (Å²) in [5.74, 6) is 0.00209. The third kappa shape index (κ3) is 2.83. The molecule has 0 atom stereocenters. The minimum Gasteiger partial charge on any atom is -0.381 e. The minimum atomic E-state index is -3.68. The van der Waals surface area contributed by atoms with Gasteiger partial charge in [0.2, 0.25) is 10.0 Å². The third-order valence-corrected chi connectivity index (χ3v) is 4.35. The molecule has 9 heteroatoms. The van der Waals surface area contributed by atoms with Gasteiger partial charge in [0.25, 0.3) is 0 Å². The van der Waals surface area contributed by atoms with Crippen LogP contribution < -0.4 is 10.5 Å². The fourth-order valence-electron chi connectivity index (χ4n) is 1.86. The van der Waals surface area contributed by atoms with Crippen molar-refractivity contribution in [3.05, 3.63) is 23.7 Å². The summed E-state index contributed by atoms with van der Waals surface area (Å²) < 4.78 is 30.0. The molecule has 0 spiro atoms. The number of nitrogen functional groups attached to an aromatic ring is 1. The van der Waals surface area contributed by atoms with Crippen LogP contribution >= 0.6 is 0 Å². The molecule has 0 amide bonds. The zero-order valence-corrected chi connectivity index (χ0v) is 12.5. The van der Waals surface area contributed by atoms with E-state index < -0.39 is 10.0 Å². The Labute approximate surface area is 117 Å². The molecule has 0 bridgehead atoms. The van der Waals surface area contributed by atoms with Crippen LogP contribution in [0.2, 0.25) is 0 Å². The summed E-state index contributed by atoms with van der Waals surface area (Å²) in [6, 6.07) is 0. The highest BCUT2D eigenvalue weighted by atomic mass is 32.2. The van der Waals surface area contributed by atoms with Crippen LogP contribution in [0.3, 0.4) is 0 Å². The maximum Gasteiger partial charge on any atom is 0.246 e. The topological polar surface area (TPSA) is 108 Å². The van der Waals surface area contributed by atoms with E-state index in [9.17, 15) is 8.42 Å². The van der Waals surface area contributed by atoms with Gasteiger partial charge in [0, 0.05) is 38.1 Å². The molecule has 0 aliphatic heterocycles. The maximum atomic E-state index is 12.2.